The summed E-state index contributed by atoms with van der Waals surface area (Å²) in [4.78, 5) is 0. The third-order valence-corrected chi connectivity index (χ3v) is 2.74. The zero-order valence-electron chi connectivity index (χ0n) is 8.48. The number of alkyl halides is 1. The smallest absolute Gasteiger partial charge is 0.105 e. The molecule has 1 aliphatic heterocycles. The van der Waals surface area contributed by atoms with Crippen molar-refractivity contribution < 1.29 is 4.39 Å². The molecular formula is C10H21FN2. The zero-order chi connectivity index (χ0) is 9.52. The maximum atomic E-state index is 12.3. The van der Waals surface area contributed by atoms with Gasteiger partial charge in [0.25, 0.3) is 0 Å². The maximum absolute atomic E-state index is 12.3. The summed E-state index contributed by atoms with van der Waals surface area (Å²) < 4.78 is 12.3. The first-order chi connectivity index (χ1) is 6.36. The topological polar surface area (TPSA) is 24.1 Å². The Morgan fingerprint density at radius 1 is 1.54 bits per heavy atom. The molecule has 2 nitrogen and oxygen atoms in total. The summed E-state index contributed by atoms with van der Waals surface area (Å²) in [6.45, 7) is 3.82. The molecular weight excluding hydrogens is 167 g/mol. The Labute approximate surface area is 80.3 Å². The molecule has 0 radical (unpaired) electrons. The van der Waals surface area contributed by atoms with Crippen molar-refractivity contribution in [3.05, 3.63) is 0 Å². The van der Waals surface area contributed by atoms with Gasteiger partial charge in [0.2, 0.25) is 0 Å². The van der Waals surface area contributed by atoms with Crippen LogP contribution in [0.5, 0.6) is 0 Å². The van der Waals surface area contributed by atoms with Gasteiger partial charge in [-0.3, -0.25) is 0 Å². The molecule has 0 saturated carbocycles. The quantitative estimate of drug-likeness (QED) is 0.682. The van der Waals surface area contributed by atoms with E-state index in [1.807, 2.05) is 6.92 Å². The molecule has 13 heavy (non-hydrogen) atoms. The van der Waals surface area contributed by atoms with Crippen LogP contribution in [0, 0.1) is 0 Å². The fourth-order valence-corrected chi connectivity index (χ4v) is 1.72. The van der Waals surface area contributed by atoms with E-state index in [1.165, 1.54) is 19.3 Å². The van der Waals surface area contributed by atoms with Crippen LogP contribution < -0.4 is 10.6 Å². The lowest BCUT2D eigenvalue weighted by atomic mass is 10.0. The van der Waals surface area contributed by atoms with Crippen LogP contribution in [0.1, 0.15) is 32.6 Å². The minimum absolute atomic E-state index is 0.0590. The Morgan fingerprint density at radius 2 is 2.38 bits per heavy atom. The van der Waals surface area contributed by atoms with Crippen LogP contribution in [0.15, 0.2) is 0 Å². The second-order valence-corrected chi connectivity index (χ2v) is 3.81. The molecule has 1 saturated heterocycles. The lowest BCUT2D eigenvalue weighted by Crippen LogP contribution is -2.45. The molecule has 3 heteroatoms. The third-order valence-electron chi connectivity index (χ3n) is 2.74. The molecule has 2 unspecified atom stereocenters. The molecule has 0 aromatic heterocycles. The van der Waals surface area contributed by atoms with E-state index in [4.69, 9.17) is 0 Å². The molecule has 78 valence electrons. The highest BCUT2D eigenvalue weighted by Crippen LogP contribution is 2.06. The van der Waals surface area contributed by atoms with E-state index in [0.717, 1.165) is 19.5 Å². The first-order valence-electron chi connectivity index (χ1n) is 5.39. The van der Waals surface area contributed by atoms with Gasteiger partial charge in [-0.05, 0) is 25.8 Å². The van der Waals surface area contributed by atoms with Crippen molar-refractivity contribution in [1.29, 1.82) is 0 Å². The lowest BCUT2D eigenvalue weighted by Gasteiger charge is -2.25. The summed E-state index contributed by atoms with van der Waals surface area (Å²) >= 11 is 0. The number of hydrogen-bond acceptors (Lipinski definition) is 2. The van der Waals surface area contributed by atoms with Gasteiger partial charge in [0, 0.05) is 18.6 Å². The van der Waals surface area contributed by atoms with Gasteiger partial charge in [-0.15, -0.1) is 0 Å². The van der Waals surface area contributed by atoms with E-state index in [0.29, 0.717) is 6.04 Å². The van der Waals surface area contributed by atoms with Crippen molar-refractivity contribution in [2.24, 2.45) is 0 Å². The van der Waals surface area contributed by atoms with Crippen LogP contribution in [0.25, 0.3) is 0 Å². The highest BCUT2D eigenvalue weighted by Gasteiger charge is 2.13. The van der Waals surface area contributed by atoms with Gasteiger partial charge in [-0.2, -0.15) is 0 Å². The molecule has 0 aromatic rings. The third kappa shape index (κ3) is 4.05. The van der Waals surface area contributed by atoms with Gasteiger partial charge in [-0.1, -0.05) is 13.3 Å². The van der Waals surface area contributed by atoms with Crippen molar-refractivity contribution in [3.63, 3.8) is 0 Å². The Morgan fingerprint density at radius 3 is 2.92 bits per heavy atom. The van der Waals surface area contributed by atoms with E-state index in [9.17, 15) is 4.39 Å². The fourth-order valence-electron chi connectivity index (χ4n) is 1.72. The molecule has 1 heterocycles. The van der Waals surface area contributed by atoms with E-state index < -0.39 is 0 Å². The predicted molar refractivity (Wildman–Crippen MR) is 53.7 cm³/mol. The maximum Gasteiger partial charge on any atom is 0.105 e. The van der Waals surface area contributed by atoms with Crippen LogP contribution >= 0.6 is 0 Å². The number of piperidine rings is 1. The second kappa shape index (κ2) is 6.33. The summed E-state index contributed by atoms with van der Waals surface area (Å²) in [6.07, 6.45) is 4.71. The van der Waals surface area contributed by atoms with Crippen LogP contribution in [0.3, 0.4) is 0 Å². The molecule has 0 amide bonds. The molecule has 0 aromatic carbocycles. The monoisotopic (exact) mass is 188 g/mol. The van der Waals surface area contributed by atoms with Crippen LogP contribution in [-0.4, -0.2) is 31.8 Å². The standard InChI is InChI=1S/C10H21FN2/c1-2-9(7-11)13-8-10-5-3-4-6-12-10/h9-10,12-13H,2-8H2,1H3. The highest BCUT2D eigenvalue weighted by atomic mass is 19.1. The second-order valence-electron chi connectivity index (χ2n) is 3.81. The SMILES string of the molecule is CCC(CF)NCC1CCCCN1. The number of rotatable bonds is 5. The molecule has 0 bridgehead atoms. The summed E-state index contributed by atoms with van der Waals surface area (Å²) in [5.74, 6) is 0. The Kier molecular flexibility index (Phi) is 5.32. The molecule has 2 atom stereocenters. The molecule has 0 spiro atoms. The van der Waals surface area contributed by atoms with E-state index >= 15 is 0 Å². The summed E-state index contributed by atoms with van der Waals surface area (Å²) in [6, 6.07) is 0.623. The summed E-state index contributed by atoms with van der Waals surface area (Å²) in [5, 5.41) is 6.69. The van der Waals surface area contributed by atoms with Crippen molar-refractivity contribution in [2.75, 3.05) is 19.8 Å². The fraction of sp³-hybridized carbons (Fsp3) is 1.00. The van der Waals surface area contributed by atoms with Gasteiger partial charge in [0.05, 0.1) is 0 Å². The minimum atomic E-state index is -0.247. The normalized spacial score (nSPS) is 25.8. The van der Waals surface area contributed by atoms with E-state index in [1.54, 1.807) is 0 Å². The Bertz CT molecular complexity index is 120. The highest BCUT2D eigenvalue weighted by molar-refractivity contribution is 4.76. The van der Waals surface area contributed by atoms with Crippen LogP contribution in [0.2, 0.25) is 0 Å². The number of nitrogens with one attached hydrogen (secondary N) is 2. The van der Waals surface area contributed by atoms with Crippen molar-refractivity contribution in [3.8, 4) is 0 Å². The number of halogens is 1. The van der Waals surface area contributed by atoms with Gasteiger partial charge >= 0.3 is 0 Å². The summed E-state index contributed by atoms with van der Waals surface area (Å²) in [5.41, 5.74) is 0. The lowest BCUT2D eigenvalue weighted by molar-refractivity contribution is 0.325. The first-order valence-corrected chi connectivity index (χ1v) is 5.39. The molecule has 0 aliphatic carbocycles. The molecule has 2 N–H and O–H groups in total. The van der Waals surface area contributed by atoms with Gasteiger partial charge in [-0.25, -0.2) is 4.39 Å². The summed E-state index contributed by atoms with van der Waals surface area (Å²) in [7, 11) is 0. The predicted octanol–water partition coefficient (Wildman–Crippen LogP) is 1.47. The molecule has 1 rings (SSSR count). The zero-order valence-corrected chi connectivity index (χ0v) is 8.48. The van der Waals surface area contributed by atoms with Gasteiger partial charge in [0.15, 0.2) is 0 Å². The van der Waals surface area contributed by atoms with Crippen molar-refractivity contribution in [2.45, 2.75) is 44.7 Å². The number of hydrogen-bond donors (Lipinski definition) is 2. The average molecular weight is 188 g/mol. The van der Waals surface area contributed by atoms with Crippen molar-refractivity contribution >= 4 is 0 Å². The Hall–Kier alpha value is -0.150. The molecule has 1 aliphatic rings. The van der Waals surface area contributed by atoms with E-state index in [2.05, 4.69) is 10.6 Å². The molecule has 1 fully saturated rings. The van der Waals surface area contributed by atoms with Crippen LogP contribution in [-0.2, 0) is 0 Å². The largest absolute Gasteiger partial charge is 0.313 e. The van der Waals surface area contributed by atoms with Crippen molar-refractivity contribution in [1.82, 2.24) is 10.6 Å². The van der Waals surface area contributed by atoms with E-state index in [-0.39, 0.29) is 12.7 Å². The van der Waals surface area contributed by atoms with Gasteiger partial charge < -0.3 is 10.6 Å². The first kappa shape index (κ1) is 10.9. The average Bonchev–Trinajstić information content (AvgIpc) is 2.21. The van der Waals surface area contributed by atoms with Gasteiger partial charge in [0.1, 0.15) is 6.67 Å². The van der Waals surface area contributed by atoms with Crippen LogP contribution in [0.4, 0.5) is 4.39 Å². The minimum Gasteiger partial charge on any atom is -0.313 e. The Balaban J connectivity index is 2.09.